The predicted octanol–water partition coefficient (Wildman–Crippen LogP) is 1.83. The van der Waals surface area contributed by atoms with Gasteiger partial charge in [0, 0.05) is 0 Å². The Morgan fingerprint density at radius 2 is 2.27 bits per heavy atom. The van der Waals surface area contributed by atoms with Crippen molar-refractivity contribution in [2.75, 3.05) is 6.61 Å². The Kier molecular flexibility index (Phi) is 2.39. The van der Waals surface area contributed by atoms with Gasteiger partial charge in [-0.05, 0) is 23.3 Å². The first kappa shape index (κ1) is 7.95. The van der Waals surface area contributed by atoms with Gasteiger partial charge >= 0.3 is 0 Å². The standard InChI is InChI=1S/C9H9FO/c1-7(6-11)8-3-2-4-9(10)5-8/h2-5,11H,1,6H2. The largest absolute Gasteiger partial charge is 0.392 e. The monoisotopic (exact) mass is 152 g/mol. The summed E-state index contributed by atoms with van der Waals surface area (Å²) in [4.78, 5) is 0. The average Bonchev–Trinajstić information content (AvgIpc) is 2.03. The maximum Gasteiger partial charge on any atom is 0.123 e. The topological polar surface area (TPSA) is 20.2 Å². The molecule has 1 rings (SSSR count). The zero-order chi connectivity index (χ0) is 8.27. The Labute approximate surface area is 64.8 Å². The number of hydrogen-bond donors (Lipinski definition) is 1. The molecule has 0 amide bonds. The van der Waals surface area contributed by atoms with Crippen LogP contribution in [0.1, 0.15) is 5.56 Å². The average molecular weight is 152 g/mol. The zero-order valence-corrected chi connectivity index (χ0v) is 6.05. The lowest BCUT2D eigenvalue weighted by Gasteiger charge is -2.00. The molecule has 1 nitrogen and oxygen atoms in total. The molecule has 0 aliphatic carbocycles. The van der Waals surface area contributed by atoms with Crippen LogP contribution in [0, 0.1) is 5.82 Å². The normalized spacial score (nSPS) is 9.64. The summed E-state index contributed by atoms with van der Waals surface area (Å²) in [6.07, 6.45) is 0. The molecule has 1 aromatic rings. The molecule has 0 unspecified atom stereocenters. The molecule has 0 aromatic heterocycles. The van der Waals surface area contributed by atoms with Crippen molar-refractivity contribution in [1.82, 2.24) is 0 Å². The fourth-order valence-electron chi connectivity index (χ4n) is 0.800. The van der Waals surface area contributed by atoms with Gasteiger partial charge in [0.15, 0.2) is 0 Å². The third-order valence-electron chi connectivity index (χ3n) is 1.42. The van der Waals surface area contributed by atoms with Crippen LogP contribution in [-0.4, -0.2) is 11.7 Å². The molecule has 2 heteroatoms. The molecule has 0 aliphatic heterocycles. The zero-order valence-electron chi connectivity index (χ0n) is 6.05. The van der Waals surface area contributed by atoms with Gasteiger partial charge in [0.1, 0.15) is 5.82 Å². The Morgan fingerprint density at radius 1 is 1.55 bits per heavy atom. The summed E-state index contributed by atoms with van der Waals surface area (Å²) in [5.41, 5.74) is 1.18. The number of hydrogen-bond acceptors (Lipinski definition) is 1. The fraction of sp³-hybridized carbons (Fsp3) is 0.111. The number of rotatable bonds is 2. The summed E-state index contributed by atoms with van der Waals surface area (Å²) in [5, 5.41) is 8.66. The summed E-state index contributed by atoms with van der Waals surface area (Å²) >= 11 is 0. The van der Waals surface area contributed by atoms with Gasteiger partial charge in [-0.1, -0.05) is 18.7 Å². The minimum absolute atomic E-state index is 0.135. The second kappa shape index (κ2) is 3.30. The van der Waals surface area contributed by atoms with E-state index in [0.29, 0.717) is 11.1 Å². The lowest BCUT2D eigenvalue weighted by atomic mass is 10.1. The molecule has 0 aliphatic rings. The first-order valence-electron chi connectivity index (χ1n) is 3.28. The first-order chi connectivity index (χ1) is 5.24. The van der Waals surface area contributed by atoms with Crippen molar-refractivity contribution in [3.8, 4) is 0 Å². The van der Waals surface area contributed by atoms with E-state index in [-0.39, 0.29) is 12.4 Å². The SMILES string of the molecule is C=C(CO)c1cccc(F)c1. The molecule has 0 spiro atoms. The molecule has 0 saturated heterocycles. The molecule has 0 heterocycles. The van der Waals surface area contributed by atoms with Crippen molar-refractivity contribution >= 4 is 5.57 Å². The molecule has 0 atom stereocenters. The van der Waals surface area contributed by atoms with E-state index in [1.807, 2.05) is 0 Å². The highest BCUT2D eigenvalue weighted by molar-refractivity contribution is 5.63. The number of benzene rings is 1. The second-order valence-electron chi connectivity index (χ2n) is 2.27. The van der Waals surface area contributed by atoms with E-state index in [2.05, 4.69) is 6.58 Å². The van der Waals surface area contributed by atoms with Crippen LogP contribution in [0.2, 0.25) is 0 Å². The highest BCUT2D eigenvalue weighted by Crippen LogP contribution is 2.11. The smallest absolute Gasteiger partial charge is 0.123 e. The Hall–Kier alpha value is -1.15. The van der Waals surface area contributed by atoms with E-state index in [0.717, 1.165) is 0 Å². The summed E-state index contributed by atoms with van der Waals surface area (Å²) in [7, 11) is 0. The van der Waals surface area contributed by atoms with E-state index in [1.165, 1.54) is 12.1 Å². The lowest BCUT2D eigenvalue weighted by Crippen LogP contribution is -1.88. The van der Waals surface area contributed by atoms with Crippen molar-refractivity contribution in [3.05, 3.63) is 42.2 Å². The van der Waals surface area contributed by atoms with Gasteiger partial charge in [0.2, 0.25) is 0 Å². The Morgan fingerprint density at radius 3 is 2.82 bits per heavy atom. The first-order valence-corrected chi connectivity index (χ1v) is 3.28. The number of aliphatic hydroxyl groups is 1. The van der Waals surface area contributed by atoms with Crippen molar-refractivity contribution in [2.45, 2.75) is 0 Å². The quantitative estimate of drug-likeness (QED) is 0.685. The van der Waals surface area contributed by atoms with Gasteiger partial charge < -0.3 is 5.11 Å². The van der Waals surface area contributed by atoms with Crippen LogP contribution < -0.4 is 0 Å². The van der Waals surface area contributed by atoms with E-state index in [9.17, 15) is 4.39 Å². The number of halogens is 1. The van der Waals surface area contributed by atoms with Crippen LogP contribution in [0.3, 0.4) is 0 Å². The van der Waals surface area contributed by atoms with E-state index in [1.54, 1.807) is 12.1 Å². The van der Waals surface area contributed by atoms with Gasteiger partial charge in [-0.3, -0.25) is 0 Å². The van der Waals surface area contributed by atoms with Crippen molar-refractivity contribution in [2.24, 2.45) is 0 Å². The second-order valence-corrected chi connectivity index (χ2v) is 2.27. The molecule has 0 saturated carbocycles. The van der Waals surface area contributed by atoms with Crippen LogP contribution in [0.5, 0.6) is 0 Å². The van der Waals surface area contributed by atoms with Crippen LogP contribution >= 0.6 is 0 Å². The summed E-state index contributed by atoms with van der Waals surface area (Å²) < 4.78 is 12.5. The molecule has 0 fully saturated rings. The van der Waals surface area contributed by atoms with Crippen molar-refractivity contribution in [1.29, 1.82) is 0 Å². The summed E-state index contributed by atoms with van der Waals surface area (Å²) in [6, 6.07) is 6.00. The summed E-state index contributed by atoms with van der Waals surface area (Å²) in [6.45, 7) is 3.43. The summed E-state index contributed by atoms with van der Waals surface area (Å²) in [5.74, 6) is -0.308. The molecule has 1 N–H and O–H groups in total. The predicted molar refractivity (Wildman–Crippen MR) is 42.5 cm³/mol. The molecular weight excluding hydrogens is 143 g/mol. The molecule has 11 heavy (non-hydrogen) atoms. The van der Waals surface area contributed by atoms with Crippen molar-refractivity contribution in [3.63, 3.8) is 0 Å². The van der Waals surface area contributed by atoms with Gasteiger partial charge in [-0.25, -0.2) is 4.39 Å². The third-order valence-corrected chi connectivity index (χ3v) is 1.42. The van der Waals surface area contributed by atoms with Gasteiger partial charge in [0.05, 0.1) is 6.61 Å². The van der Waals surface area contributed by atoms with Gasteiger partial charge in [-0.15, -0.1) is 0 Å². The van der Waals surface area contributed by atoms with Gasteiger partial charge in [-0.2, -0.15) is 0 Å². The van der Waals surface area contributed by atoms with Crippen LogP contribution in [0.4, 0.5) is 4.39 Å². The van der Waals surface area contributed by atoms with E-state index < -0.39 is 0 Å². The third kappa shape index (κ3) is 1.88. The highest BCUT2D eigenvalue weighted by atomic mass is 19.1. The van der Waals surface area contributed by atoms with Crippen molar-refractivity contribution < 1.29 is 9.50 Å². The minimum Gasteiger partial charge on any atom is -0.392 e. The van der Waals surface area contributed by atoms with E-state index >= 15 is 0 Å². The molecule has 0 bridgehead atoms. The minimum atomic E-state index is -0.308. The maximum atomic E-state index is 12.5. The molecule has 0 radical (unpaired) electrons. The molecular formula is C9H9FO. The fourth-order valence-corrected chi connectivity index (χ4v) is 0.800. The Balaban J connectivity index is 2.96. The highest BCUT2D eigenvalue weighted by Gasteiger charge is 1.97. The maximum absolute atomic E-state index is 12.5. The molecule has 58 valence electrons. The van der Waals surface area contributed by atoms with E-state index in [4.69, 9.17) is 5.11 Å². The molecule has 1 aromatic carbocycles. The number of aliphatic hydroxyl groups excluding tert-OH is 1. The van der Waals surface area contributed by atoms with Crippen LogP contribution in [-0.2, 0) is 0 Å². The van der Waals surface area contributed by atoms with Crippen LogP contribution in [0.25, 0.3) is 5.57 Å². The lowest BCUT2D eigenvalue weighted by molar-refractivity contribution is 0.350. The Bertz CT molecular complexity index is 268. The van der Waals surface area contributed by atoms with Gasteiger partial charge in [0.25, 0.3) is 0 Å². The van der Waals surface area contributed by atoms with Crippen LogP contribution in [0.15, 0.2) is 30.8 Å².